The number of allylic oxidation sites excluding steroid dienone is 2. The first kappa shape index (κ1) is 43.2. The lowest BCUT2D eigenvalue weighted by molar-refractivity contribution is -0.153. The van der Waals surface area contributed by atoms with Gasteiger partial charge in [-0.05, 0) is 71.0 Å². The summed E-state index contributed by atoms with van der Waals surface area (Å²) < 4.78 is 29.6. The van der Waals surface area contributed by atoms with Crippen molar-refractivity contribution in [2.75, 3.05) is 27.4 Å². The molecule has 1 N–H and O–H groups in total. The lowest BCUT2D eigenvalue weighted by Gasteiger charge is -2.37. The molecule has 5 aromatic rings. The fourth-order valence-corrected chi connectivity index (χ4v) is 8.28. The number of fused-ring (bicyclic) bond motifs is 3. The van der Waals surface area contributed by atoms with E-state index in [9.17, 15) is 19.5 Å². The highest BCUT2D eigenvalue weighted by molar-refractivity contribution is 6.14. The lowest BCUT2D eigenvalue weighted by atomic mass is 9.76. The molecule has 0 aliphatic carbocycles. The highest BCUT2D eigenvalue weighted by atomic mass is 16.6. The first-order valence-electron chi connectivity index (χ1n) is 20.2. The average molecular weight is 811 g/mol. The third-order valence-corrected chi connectivity index (χ3v) is 10.5. The molecule has 9 heteroatoms. The Kier molecular flexibility index (Phi) is 13.2. The molecule has 0 saturated heterocycles. The molecule has 0 amide bonds. The summed E-state index contributed by atoms with van der Waals surface area (Å²) in [5, 5.41) is 11.2. The minimum absolute atomic E-state index is 0.0983. The molecule has 0 radical (unpaired) electrons. The van der Waals surface area contributed by atoms with E-state index in [1.165, 1.54) is 0 Å². The summed E-state index contributed by atoms with van der Waals surface area (Å²) in [4.78, 5) is 39.4. The molecule has 9 nitrogen and oxygen atoms in total. The van der Waals surface area contributed by atoms with Crippen LogP contribution in [-0.4, -0.2) is 50.4 Å². The van der Waals surface area contributed by atoms with Gasteiger partial charge in [-0.25, -0.2) is 4.79 Å². The molecule has 1 atom stereocenters. The van der Waals surface area contributed by atoms with Crippen LogP contribution >= 0.6 is 0 Å². The van der Waals surface area contributed by atoms with Crippen molar-refractivity contribution in [3.63, 3.8) is 0 Å². The molecule has 1 aliphatic rings. The van der Waals surface area contributed by atoms with E-state index in [-0.39, 0.29) is 36.9 Å². The molecule has 0 aromatic heterocycles. The highest BCUT2D eigenvalue weighted by Crippen LogP contribution is 2.50. The van der Waals surface area contributed by atoms with Crippen LogP contribution in [0.25, 0.3) is 28.0 Å². The maximum absolute atomic E-state index is 14.5. The number of carbonyl (C=O) groups is 3. The van der Waals surface area contributed by atoms with E-state index in [2.05, 4.69) is 34.6 Å². The second-order valence-electron chi connectivity index (χ2n) is 17.0. The quantitative estimate of drug-likeness (QED) is 0.0590. The molecule has 1 heterocycles. The van der Waals surface area contributed by atoms with Crippen LogP contribution in [0.15, 0.2) is 121 Å². The van der Waals surface area contributed by atoms with Crippen LogP contribution < -0.4 is 14.2 Å². The van der Waals surface area contributed by atoms with Crippen LogP contribution in [0, 0.1) is 16.7 Å². The van der Waals surface area contributed by atoms with Gasteiger partial charge < -0.3 is 28.8 Å². The van der Waals surface area contributed by atoms with Gasteiger partial charge in [0.05, 0.1) is 32.1 Å². The first-order valence-corrected chi connectivity index (χ1v) is 20.2. The summed E-state index contributed by atoms with van der Waals surface area (Å²) in [6, 6.07) is 32.8. The van der Waals surface area contributed by atoms with Gasteiger partial charge >= 0.3 is 17.9 Å². The van der Waals surface area contributed by atoms with Crippen molar-refractivity contribution >= 4 is 34.8 Å². The maximum atomic E-state index is 14.5. The number of carboxylic acid groups (broad SMARTS) is 1. The molecule has 1 unspecified atom stereocenters. The van der Waals surface area contributed by atoms with Crippen LogP contribution in [0.5, 0.6) is 17.2 Å². The minimum atomic E-state index is -1.11. The molecule has 0 fully saturated rings. The molecular weight excluding hydrogens is 757 g/mol. The number of hydrogen-bond donors (Lipinski definition) is 1. The van der Waals surface area contributed by atoms with Crippen molar-refractivity contribution in [1.29, 1.82) is 0 Å². The van der Waals surface area contributed by atoms with Crippen LogP contribution in [0.1, 0.15) is 80.9 Å². The van der Waals surface area contributed by atoms with E-state index in [1.807, 2.05) is 127 Å². The van der Waals surface area contributed by atoms with Gasteiger partial charge in [0.15, 0.2) is 5.60 Å². The SMILES string of the molecule is COc1ccc(C2(c3ccc(OC)cc3)C=Cc3c(C(=O)OCCOC(=O)C(C/C=C/C(C)(C)CC(C)(C)C)CC(=O)O)c(-c4ccccc4)c4ccccc4c3O2)cc1. The van der Waals surface area contributed by atoms with Gasteiger partial charge in [-0.1, -0.05) is 126 Å². The number of rotatable bonds is 16. The number of benzene rings is 5. The second kappa shape index (κ2) is 18.3. The van der Waals surface area contributed by atoms with Crippen LogP contribution in [0.2, 0.25) is 0 Å². The standard InChI is InChI=1S/C51H54O9/c1-49(2,3)33-50(4,5)28-13-16-35(32-43(52)53)47(54)58-30-31-59-48(55)45-42-27-29-51(36-19-23-38(56-6)24-20-36,37-21-25-39(57-7)26-22-37)60-46(42)41-18-12-11-17-40(41)44(45)34-14-9-8-10-15-34/h8-15,17-29,35H,16,30-33H2,1-7H3,(H,52,53)/b28-13+. The Hall–Kier alpha value is -6.35. The molecule has 312 valence electrons. The molecule has 0 bridgehead atoms. The zero-order valence-electron chi connectivity index (χ0n) is 35.5. The Morgan fingerprint density at radius 3 is 1.88 bits per heavy atom. The van der Waals surface area contributed by atoms with E-state index in [4.69, 9.17) is 23.7 Å². The lowest BCUT2D eigenvalue weighted by Crippen LogP contribution is -2.35. The van der Waals surface area contributed by atoms with E-state index in [0.29, 0.717) is 33.9 Å². The number of esters is 2. The Labute approximate surface area is 352 Å². The van der Waals surface area contributed by atoms with Crippen molar-refractivity contribution in [3.8, 4) is 28.4 Å². The summed E-state index contributed by atoms with van der Waals surface area (Å²) >= 11 is 0. The van der Waals surface area contributed by atoms with Crippen LogP contribution in [-0.2, 0) is 24.7 Å². The van der Waals surface area contributed by atoms with Gasteiger partial charge in [-0.3, -0.25) is 9.59 Å². The van der Waals surface area contributed by atoms with Crippen molar-refractivity contribution in [3.05, 3.63) is 144 Å². The van der Waals surface area contributed by atoms with Gasteiger partial charge in [0.2, 0.25) is 0 Å². The Morgan fingerprint density at radius 2 is 1.32 bits per heavy atom. The van der Waals surface area contributed by atoms with Gasteiger partial charge in [0.25, 0.3) is 0 Å². The molecule has 0 spiro atoms. The molecular formula is C51H54O9. The van der Waals surface area contributed by atoms with Crippen LogP contribution in [0.4, 0.5) is 0 Å². The number of aliphatic carboxylic acids is 1. The Bertz CT molecular complexity index is 2320. The number of methoxy groups -OCH3 is 2. The van der Waals surface area contributed by atoms with Gasteiger partial charge in [0, 0.05) is 27.6 Å². The fraction of sp³-hybridized carbons (Fsp3) is 0.314. The van der Waals surface area contributed by atoms with Crippen molar-refractivity contribution in [2.24, 2.45) is 16.7 Å². The predicted molar refractivity (Wildman–Crippen MR) is 234 cm³/mol. The maximum Gasteiger partial charge on any atom is 0.339 e. The predicted octanol–water partition coefficient (Wildman–Crippen LogP) is 11.1. The zero-order chi connectivity index (χ0) is 43.1. The van der Waals surface area contributed by atoms with Crippen molar-refractivity contribution < 1.29 is 43.2 Å². The van der Waals surface area contributed by atoms with E-state index < -0.39 is 29.4 Å². The third kappa shape index (κ3) is 9.91. The van der Waals surface area contributed by atoms with E-state index in [1.54, 1.807) is 14.2 Å². The largest absolute Gasteiger partial charge is 0.497 e. The van der Waals surface area contributed by atoms with Gasteiger partial charge in [-0.15, -0.1) is 0 Å². The normalized spacial score (nSPS) is 13.9. The van der Waals surface area contributed by atoms with Gasteiger partial charge in [0.1, 0.15) is 30.5 Å². The topological polar surface area (TPSA) is 118 Å². The number of carbonyl (C=O) groups excluding carboxylic acids is 2. The smallest absolute Gasteiger partial charge is 0.339 e. The zero-order valence-corrected chi connectivity index (χ0v) is 35.5. The number of ether oxygens (including phenoxy) is 5. The van der Waals surface area contributed by atoms with Crippen LogP contribution in [0.3, 0.4) is 0 Å². The second-order valence-corrected chi connectivity index (χ2v) is 17.0. The van der Waals surface area contributed by atoms with E-state index >= 15 is 0 Å². The fourth-order valence-electron chi connectivity index (χ4n) is 8.28. The van der Waals surface area contributed by atoms with Gasteiger partial charge in [-0.2, -0.15) is 0 Å². The Balaban J connectivity index is 1.33. The first-order chi connectivity index (χ1) is 28.6. The monoisotopic (exact) mass is 810 g/mol. The highest BCUT2D eigenvalue weighted by Gasteiger charge is 2.40. The summed E-state index contributed by atoms with van der Waals surface area (Å²) in [5.74, 6) is -1.40. The third-order valence-electron chi connectivity index (χ3n) is 10.5. The molecule has 6 rings (SSSR count). The van der Waals surface area contributed by atoms with E-state index in [0.717, 1.165) is 33.9 Å². The molecule has 5 aromatic carbocycles. The van der Waals surface area contributed by atoms with Crippen molar-refractivity contribution in [1.82, 2.24) is 0 Å². The molecule has 0 saturated carbocycles. The number of hydrogen-bond acceptors (Lipinski definition) is 8. The molecule has 1 aliphatic heterocycles. The summed E-state index contributed by atoms with van der Waals surface area (Å²) in [7, 11) is 3.24. The van der Waals surface area contributed by atoms with Crippen molar-refractivity contribution in [2.45, 2.75) is 59.5 Å². The summed E-state index contributed by atoms with van der Waals surface area (Å²) in [6.07, 6.45) is 8.50. The average Bonchev–Trinajstić information content (AvgIpc) is 3.23. The molecule has 60 heavy (non-hydrogen) atoms. The Morgan fingerprint density at radius 1 is 0.750 bits per heavy atom. The number of carboxylic acids is 1. The summed E-state index contributed by atoms with van der Waals surface area (Å²) in [5.41, 5.74) is 2.83. The summed E-state index contributed by atoms with van der Waals surface area (Å²) in [6.45, 7) is 10.2. The minimum Gasteiger partial charge on any atom is -0.497 e.